The van der Waals surface area contributed by atoms with Gasteiger partial charge < -0.3 is 22.1 Å². The van der Waals surface area contributed by atoms with Crippen LogP contribution in [0.25, 0.3) is 0 Å². The average molecular weight is 551 g/mol. The third-order valence-corrected chi connectivity index (χ3v) is 7.05. The highest BCUT2D eigenvalue weighted by Crippen LogP contribution is 2.24. The summed E-state index contributed by atoms with van der Waals surface area (Å²) in [6.45, 7) is 8.77. The Morgan fingerprint density at radius 1 is 0.625 bits per heavy atom. The Kier molecular flexibility index (Phi) is 13.0. The molecule has 0 saturated heterocycles. The van der Waals surface area contributed by atoms with Crippen LogP contribution in [-0.2, 0) is 25.7 Å². The highest BCUT2D eigenvalue weighted by molar-refractivity contribution is 6.02. The first-order chi connectivity index (χ1) is 19.2. The zero-order valence-corrected chi connectivity index (χ0v) is 24.4. The van der Waals surface area contributed by atoms with Crippen molar-refractivity contribution in [3.05, 3.63) is 58.7 Å². The number of nitrogens with zero attached hydrogens (tertiary/aromatic N) is 2. The number of amides is 4. The molecule has 2 rings (SSSR count). The van der Waals surface area contributed by atoms with Gasteiger partial charge in [-0.15, -0.1) is 0 Å². The first-order valence-corrected chi connectivity index (χ1v) is 14.2. The minimum absolute atomic E-state index is 0.303. The molecule has 4 amide bonds. The lowest BCUT2D eigenvalue weighted by Crippen LogP contribution is -2.44. The van der Waals surface area contributed by atoms with E-state index in [1.54, 1.807) is 0 Å². The molecule has 218 valence electrons. The fourth-order valence-corrected chi connectivity index (χ4v) is 4.71. The number of nitrogens with one attached hydrogen (secondary N) is 4. The normalized spacial score (nSPS) is 10.6. The maximum Gasteiger partial charge on any atom is 0.328 e. The number of aryl methyl sites for hydroxylation is 4. The second-order valence-corrected chi connectivity index (χ2v) is 9.67. The number of para-hydroxylation sites is 2. The topological polar surface area (TPSA) is 164 Å². The Bertz CT molecular complexity index is 1040. The van der Waals surface area contributed by atoms with Gasteiger partial charge in [-0.2, -0.15) is 0 Å². The number of carbonyl (C=O) groups is 2. The summed E-state index contributed by atoms with van der Waals surface area (Å²) in [6.07, 6.45) is 5.92. The van der Waals surface area contributed by atoms with Crippen LogP contribution in [0.4, 0.5) is 21.0 Å². The van der Waals surface area contributed by atoms with Gasteiger partial charge in [0.15, 0.2) is 11.9 Å². The number of carbonyl (C=O) groups excluding carboxylic acids is 2. The second kappa shape index (κ2) is 16.1. The molecule has 2 aromatic carbocycles. The SMILES string of the molecule is CCc1cccc(CC)c1NC(=O)N(CCCCCCN(C(=N)N)C(=O)Nc1c(CC)cccc1CC)C(=N)N. The van der Waals surface area contributed by atoms with Crippen LogP contribution in [0.1, 0.15) is 75.6 Å². The molecular formula is C30H46N8O2. The van der Waals surface area contributed by atoms with Crippen LogP contribution < -0.4 is 22.1 Å². The maximum absolute atomic E-state index is 13.0. The van der Waals surface area contributed by atoms with E-state index in [2.05, 4.69) is 10.6 Å². The van der Waals surface area contributed by atoms with E-state index < -0.39 is 12.1 Å². The lowest BCUT2D eigenvalue weighted by molar-refractivity contribution is 0.230. The van der Waals surface area contributed by atoms with Gasteiger partial charge in [0, 0.05) is 24.5 Å². The molecule has 10 heteroatoms. The van der Waals surface area contributed by atoms with E-state index in [0.717, 1.165) is 72.2 Å². The number of hydrogen-bond donors (Lipinski definition) is 6. The molecule has 0 aromatic heterocycles. The minimum Gasteiger partial charge on any atom is -0.370 e. The lowest BCUT2D eigenvalue weighted by Gasteiger charge is -2.24. The summed E-state index contributed by atoms with van der Waals surface area (Å²) in [5, 5.41) is 21.8. The molecule has 0 unspecified atom stereocenters. The Balaban J connectivity index is 1.90. The molecule has 0 aliphatic rings. The van der Waals surface area contributed by atoms with Crippen molar-refractivity contribution in [2.45, 2.75) is 79.1 Å². The lowest BCUT2D eigenvalue weighted by atomic mass is 10.0. The molecule has 2 aromatic rings. The summed E-state index contributed by atoms with van der Waals surface area (Å²) in [4.78, 5) is 28.5. The van der Waals surface area contributed by atoms with Crippen LogP contribution in [0.15, 0.2) is 36.4 Å². The smallest absolute Gasteiger partial charge is 0.328 e. The molecule has 0 fully saturated rings. The number of anilines is 2. The van der Waals surface area contributed by atoms with E-state index in [1.165, 1.54) is 9.80 Å². The first kappa shape index (κ1) is 32.1. The molecule has 0 aliphatic carbocycles. The zero-order chi connectivity index (χ0) is 29.7. The van der Waals surface area contributed by atoms with Crippen LogP contribution in [0.5, 0.6) is 0 Å². The fraction of sp³-hybridized carbons (Fsp3) is 0.467. The fourth-order valence-electron chi connectivity index (χ4n) is 4.71. The van der Waals surface area contributed by atoms with Crippen molar-refractivity contribution in [2.24, 2.45) is 11.5 Å². The van der Waals surface area contributed by atoms with Crippen molar-refractivity contribution in [3.63, 3.8) is 0 Å². The molecule has 0 heterocycles. The van der Waals surface area contributed by atoms with Crippen molar-refractivity contribution >= 4 is 35.4 Å². The van der Waals surface area contributed by atoms with E-state index in [4.69, 9.17) is 22.3 Å². The number of urea groups is 2. The second-order valence-electron chi connectivity index (χ2n) is 9.67. The number of benzene rings is 2. The van der Waals surface area contributed by atoms with Gasteiger partial charge in [-0.05, 0) is 60.8 Å². The number of nitrogens with two attached hydrogens (primary N) is 2. The maximum atomic E-state index is 13.0. The van der Waals surface area contributed by atoms with E-state index in [0.29, 0.717) is 25.9 Å². The Hall–Kier alpha value is -4.08. The summed E-state index contributed by atoms with van der Waals surface area (Å²) >= 11 is 0. The molecule has 10 nitrogen and oxygen atoms in total. The molecule has 0 radical (unpaired) electrons. The van der Waals surface area contributed by atoms with Gasteiger partial charge in [0.1, 0.15) is 0 Å². The van der Waals surface area contributed by atoms with E-state index in [-0.39, 0.29) is 11.9 Å². The van der Waals surface area contributed by atoms with Gasteiger partial charge in [-0.3, -0.25) is 20.6 Å². The highest BCUT2D eigenvalue weighted by atomic mass is 16.2. The summed E-state index contributed by atoms with van der Waals surface area (Å²) in [7, 11) is 0. The van der Waals surface area contributed by atoms with Crippen molar-refractivity contribution in [1.82, 2.24) is 9.80 Å². The van der Waals surface area contributed by atoms with Crippen LogP contribution in [0.2, 0.25) is 0 Å². The zero-order valence-electron chi connectivity index (χ0n) is 24.4. The van der Waals surface area contributed by atoms with Gasteiger partial charge in [-0.1, -0.05) is 76.9 Å². The number of unbranched alkanes of at least 4 members (excludes halogenated alkanes) is 3. The van der Waals surface area contributed by atoms with Gasteiger partial charge >= 0.3 is 12.1 Å². The number of guanidine groups is 2. The third-order valence-electron chi connectivity index (χ3n) is 7.05. The molecule has 0 saturated carbocycles. The van der Waals surface area contributed by atoms with Gasteiger partial charge in [0.2, 0.25) is 0 Å². The van der Waals surface area contributed by atoms with Crippen LogP contribution in [-0.4, -0.2) is 46.9 Å². The van der Waals surface area contributed by atoms with Crippen LogP contribution >= 0.6 is 0 Å². The van der Waals surface area contributed by atoms with E-state index in [1.807, 2.05) is 64.1 Å². The van der Waals surface area contributed by atoms with Crippen molar-refractivity contribution in [3.8, 4) is 0 Å². The van der Waals surface area contributed by atoms with Gasteiger partial charge in [0.05, 0.1) is 0 Å². The Morgan fingerprint density at radius 3 is 1.18 bits per heavy atom. The molecule has 0 bridgehead atoms. The molecular weight excluding hydrogens is 504 g/mol. The molecule has 0 atom stereocenters. The van der Waals surface area contributed by atoms with Gasteiger partial charge in [-0.25, -0.2) is 9.59 Å². The molecule has 8 N–H and O–H groups in total. The first-order valence-electron chi connectivity index (χ1n) is 14.2. The summed E-state index contributed by atoms with van der Waals surface area (Å²) in [5.41, 5.74) is 17.2. The number of hydrogen-bond acceptors (Lipinski definition) is 4. The monoisotopic (exact) mass is 550 g/mol. The average Bonchev–Trinajstić information content (AvgIpc) is 2.93. The molecule has 0 spiro atoms. The number of rotatable bonds is 13. The highest BCUT2D eigenvalue weighted by Gasteiger charge is 2.20. The summed E-state index contributed by atoms with van der Waals surface area (Å²) < 4.78 is 0. The van der Waals surface area contributed by atoms with Gasteiger partial charge in [0.25, 0.3) is 0 Å². The van der Waals surface area contributed by atoms with Crippen LogP contribution in [0, 0.1) is 10.8 Å². The Labute approximate surface area is 238 Å². The molecule has 0 aliphatic heterocycles. The minimum atomic E-state index is -0.415. The van der Waals surface area contributed by atoms with Crippen molar-refractivity contribution in [2.75, 3.05) is 23.7 Å². The molecule has 40 heavy (non-hydrogen) atoms. The van der Waals surface area contributed by atoms with Crippen LogP contribution in [0.3, 0.4) is 0 Å². The standard InChI is InChI=1S/C30H46N8O2/c1-5-21-15-13-16-22(6-2)25(21)35-29(39)37(27(31)32)19-11-9-10-12-20-38(28(33)34)30(40)36-26-23(7-3)17-14-18-24(26)8-4/h13-18H,5-12,19-20H2,1-4H3,(H3,31,32)(H3,33,34)(H,35,39)(H,36,40). The summed E-state index contributed by atoms with van der Waals surface area (Å²) in [5.74, 6) is -0.606. The Morgan fingerprint density at radius 2 is 0.925 bits per heavy atom. The predicted octanol–water partition coefficient (Wildman–Crippen LogP) is 5.65. The van der Waals surface area contributed by atoms with E-state index >= 15 is 0 Å². The van der Waals surface area contributed by atoms with Crippen molar-refractivity contribution < 1.29 is 9.59 Å². The summed E-state index contributed by atoms with van der Waals surface area (Å²) in [6, 6.07) is 11.1. The predicted molar refractivity (Wildman–Crippen MR) is 164 cm³/mol. The third kappa shape index (κ3) is 8.72. The van der Waals surface area contributed by atoms with E-state index in [9.17, 15) is 9.59 Å². The largest absolute Gasteiger partial charge is 0.370 e. The quantitative estimate of drug-likeness (QED) is 0.108. The van der Waals surface area contributed by atoms with Crippen molar-refractivity contribution in [1.29, 1.82) is 10.8 Å².